The fourth-order valence-electron chi connectivity index (χ4n) is 4.09. The minimum atomic E-state index is -0.231. The van der Waals surface area contributed by atoms with Gasteiger partial charge in [0.05, 0.1) is 42.1 Å². The number of fused-ring (bicyclic) bond motifs is 1. The van der Waals surface area contributed by atoms with Crippen LogP contribution in [0.4, 0.5) is 5.69 Å². The number of hydrogen-bond acceptors (Lipinski definition) is 6. The maximum absolute atomic E-state index is 5.55. The monoisotopic (exact) mass is 407 g/mol. The third-order valence-electron chi connectivity index (χ3n) is 6.10. The number of morpholine rings is 1. The van der Waals surface area contributed by atoms with Crippen molar-refractivity contribution in [2.24, 2.45) is 0 Å². The molecule has 0 bridgehead atoms. The first-order valence-corrected chi connectivity index (χ1v) is 10.8. The van der Waals surface area contributed by atoms with Gasteiger partial charge in [0.1, 0.15) is 0 Å². The Morgan fingerprint density at radius 1 is 1.17 bits per heavy atom. The molecule has 0 radical (unpaired) electrons. The maximum Gasteiger partial charge on any atom is 0.178 e. The summed E-state index contributed by atoms with van der Waals surface area (Å²) in [7, 11) is 1.74. The minimum Gasteiger partial charge on any atom is -0.378 e. The van der Waals surface area contributed by atoms with E-state index in [9.17, 15) is 0 Å². The molecule has 0 N–H and O–H groups in total. The average Bonchev–Trinajstić information content (AvgIpc) is 3.54. The molecule has 158 valence electrons. The van der Waals surface area contributed by atoms with Crippen LogP contribution in [0, 0.1) is 0 Å². The van der Waals surface area contributed by atoms with E-state index < -0.39 is 0 Å². The Kier molecular flexibility index (Phi) is 4.95. The largest absolute Gasteiger partial charge is 0.378 e. The molecule has 2 fully saturated rings. The number of anilines is 1. The van der Waals surface area contributed by atoms with Crippen LogP contribution >= 0.6 is 0 Å². The lowest BCUT2D eigenvalue weighted by Crippen LogP contribution is -2.36. The van der Waals surface area contributed by atoms with E-state index in [-0.39, 0.29) is 5.60 Å². The van der Waals surface area contributed by atoms with Crippen molar-refractivity contribution in [2.75, 3.05) is 38.3 Å². The first-order chi connectivity index (χ1) is 14.6. The second kappa shape index (κ2) is 7.63. The molecule has 1 saturated carbocycles. The number of methoxy groups -OCH3 is 1. The van der Waals surface area contributed by atoms with Gasteiger partial charge in [-0.1, -0.05) is 0 Å². The molecule has 0 aromatic carbocycles. The van der Waals surface area contributed by atoms with Crippen molar-refractivity contribution in [3.05, 3.63) is 42.0 Å². The lowest BCUT2D eigenvalue weighted by atomic mass is 10.0. The third-order valence-corrected chi connectivity index (χ3v) is 6.10. The maximum atomic E-state index is 5.55. The summed E-state index contributed by atoms with van der Waals surface area (Å²) < 4.78 is 13.1. The highest BCUT2D eigenvalue weighted by Gasteiger charge is 2.32. The van der Waals surface area contributed by atoms with Crippen LogP contribution in [-0.4, -0.2) is 58.6 Å². The quantitative estimate of drug-likeness (QED) is 0.623. The van der Waals surface area contributed by atoms with E-state index in [1.807, 2.05) is 16.9 Å². The molecular weight excluding hydrogens is 378 g/mol. The Balaban J connectivity index is 1.56. The molecule has 2 aliphatic rings. The summed E-state index contributed by atoms with van der Waals surface area (Å²) in [6.45, 7) is 7.42. The van der Waals surface area contributed by atoms with Gasteiger partial charge in [0, 0.05) is 50.0 Å². The number of ether oxygens (including phenoxy) is 2. The van der Waals surface area contributed by atoms with Gasteiger partial charge in [-0.25, -0.2) is 9.50 Å². The van der Waals surface area contributed by atoms with Crippen molar-refractivity contribution in [1.29, 1.82) is 0 Å². The number of imidazole rings is 1. The molecule has 0 amide bonds. The lowest BCUT2D eigenvalue weighted by molar-refractivity contribution is 0.0224. The molecule has 3 aromatic heterocycles. The highest BCUT2D eigenvalue weighted by atomic mass is 16.5. The second-order valence-corrected chi connectivity index (χ2v) is 8.85. The van der Waals surface area contributed by atoms with E-state index in [1.54, 1.807) is 7.11 Å². The number of aromatic nitrogens is 4. The van der Waals surface area contributed by atoms with Gasteiger partial charge < -0.3 is 14.4 Å². The standard InChI is InChI=1S/C23H29N5O2/c1-23(2,29-3)14-18-7-6-17(15-24-18)21-20(16-4-5-16)26-22-19(8-9-25-28(21)22)27-10-12-30-13-11-27/h6-9,15-16H,4-5,10-14H2,1-3H3. The van der Waals surface area contributed by atoms with E-state index in [0.29, 0.717) is 5.92 Å². The van der Waals surface area contributed by atoms with Crippen molar-refractivity contribution in [1.82, 2.24) is 19.6 Å². The summed E-state index contributed by atoms with van der Waals surface area (Å²) in [5, 5.41) is 4.69. The summed E-state index contributed by atoms with van der Waals surface area (Å²) in [6.07, 6.45) is 6.99. The number of pyridine rings is 1. The zero-order valence-electron chi connectivity index (χ0n) is 18.0. The zero-order chi connectivity index (χ0) is 20.7. The molecule has 0 spiro atoms. The molecule has 1 aliphatic carbocycles. The summed E-state index contributed by atoms with van der Waals surface area (Å²) >= 11 is 0. The Labute approximate surface area is 177 Å². The number of nitrogens with zero attached hydrogens (tertiary/aromatic N) is 5. The minimum absolute atomic E-state index is 0.231. The van der Waals surface area contributed by atoms with Crippen LogP contribution in [0.5, 0.6) is 0 Å². The number of rotatable bonds is 6. The first-order valence-electron chi connectivity index (χ1n) is 10.8. The predicted octanol–water partition coefficient (Wildman–Crippen LogP) is 3.47. The summed E-state index contributed by atoms with van der Waals surface area (Å²) in [5.41, 5.74) is 6.15. The molecule has 5 rings (SSSR count). The molecular formula is C23H29N5O2. The predicted molar refractivity (Wildman–Crippen MR) is 116 cm³/mol. The third kappa shape index (κ3) is 3.68. The van der Waals surface area contributed by atoms with Crippen molar-refractivity contribution in [2.45, 2.75) is 44.6 Å². The van der Waals surface area contributed by atoms with Crippen molar-refractivity contribution in [3.8, 4) is 11.3 Å². The van der Waals surface area contributed by atoms with Gasteiger partial charge in [0.25, 0.3) is 0 Å². The van der Waals surface area contributed by atoms with Crippen LogP contribution in [0.3, 0.4) is 0 Å². The van der Waals surface area contributed by atoms with Gasteiger partial charge in [0.15, 0.2) is 5.65 Å². The Morgan fingerprint density at radius 2 is 1.97 bits per heavy atom. The molecule has 7 heteroatoms. The smallest absolute Gasteiger partial charge is 0.178 e. The molecule has 3 aromatic rings. The van der Waals surface area contributed by atoms with Crippen LogP contribution in [-0.2, 0) is 15.9 Å². The average molecular weight is 408 g/mol. The molecule has 0 unspecified atom stereocenters. The molecule has 1 saturated heterocycles. The second-order valence-electron chi connectivity index (χ2n) is 8.85. The fourth-order valence-corrected chi connectivity index (χ4v) is 4.09. The van der Waals surface area contributed by atoms with E-state index >= 15 is 0 Å². The summed E-state index contributed by atoms with van der Waals surface area (Å²) in [4.78, 5) is 12.2. The SMILES string of the molecule is COC(C)(C)Cc1ccc(-c2c(C3CC3)nc3c(N4CCOCC4)ccnn23)cn1. The van der Waals surface area contributed by atoms with Gasteiger partial charge in [-0.3, -0.25) is 4.98 Å². The van der Waals surface area contributed by atoms with Gasteiger partial charge in [-0.15, -0.1) is 0 Å². The highest BCUT2D eigenvalue weighted by Crippen LogP contribution is 2.44. The normalized spacial score (nSPS) is 17.6. The van der Waals surface area contributed by atoms with E-state index in [0.717, 1.165) is 66.7 Å². The van der Waals surface area contributed by atoms with Crippen LogP contribution in [0.2, 0.25) is 0 Å². The van der Waals surface area contributed by atoms with Gasteiger partial charge in [0.2, 0.25) is 0 Å². The Hall–Kier alpha value is -2.51. The van der Waals surface area contributed by atoms with E-state index in [4.69, 9.17) is 19.4 Å². The highest BCUT2D eigenvalue weighted by molar-refractivity contribution is 5.76. The van der Waals surface area contributed by atoms with E-state index in [2.05, 4.69) is 42.0 Å². The van der Waals surface area contributed by atoms with Crippen molar-refractivity contribution < 1.29 is 9.47 Å². The van der Waals surface area contributed by atoms with Crippen molar-refractivity contribution >= 4 is 11.3 Å². The summed E-state index contributed by atoms with van der Waals surface area (Å²) in [5.74, 6) is 0.520. The Morgan fingerprint density at radius 3 is 2.63 bits per heavy atom. The van der Waals surface area contributed by atoms with Gasteiger partial charge in [-0.05, 0) is 44.9 Å². The van der Waals surface area contributed by atoms with E-state index in [1.165, 1.54) is 12.8 Å². The molecule has 7 nitrogen and oxygen atoms in total. The van der Waals surface area contributed by atoms with Crippen LogP contribution < -0.4 is 4.90 Å². The van der Waals surface area contributed by atoms with Gasteiger partial charge in [-0.2, -0.15) is 5.10 Å². The fraction of sp³-hybridized carbons (Fsp3) is 0.522. The Bertz CT molecular complexity index is 1030. The van der Waals surface area contributed by atoms with Crippen LogP contribution in [0.15, 0.2) is 30.6 Å². The molecule has 4 heterocycles. The lowest BCUT2D eigenvalue weighted by Gasteiger charge is -2.28. The van der Waals surface area contributed by atoms with Crippen LogP contribution in [0.25, 0.3) is 16.9 Å². The molecule has 30 heavy (non-hydrogen) atoms. The zero-order valence-corrected chi connectivity index (χ0v) is 18.0. The first kappa shape index (κ1) is 19.5. The molecule has 0 atom stereocenters. The topological polar surface area (TPSA) is 64.8 Å². The summed E-state index contributed by atoms with van der Waals surface area (Å²) in [6, 6.07) is 6.31. The van der Waals surface area contributed by atoms with Crippen molar-refractivity contribution in [3.63, 3.8) is 0 Å². The molecule has 1 aliphatic heterocycles. The van der Waals surface area contributed by atoms with Gasteiger partial charge >= 0.3 is 0 Å². The van der Waals surface area contributed by atoms with Crippen LogP contribution in [0.1, 0.15) is 44.0 Å². The number of hydrogen-bond donors (Lipinski definition) is 0.